The van der Waals surface area contributed by atoms with Gasteiger partial charge in [0.05, 0.1) is 0 Å². The quantitative estimate of drug-likeness (QED) is 0.521. The van der Waals surface area contributed by atoms with Crippen LogP contribution in [-0.2, 0) is 6.42 Å². The summed E-state index contributed by atoms with van der Waals surface area (Å²) >= 11 is 0. The number of hydrogen-bond donors (Lipinski definition) is 3. The number of aryl methyl sites for hydroxylation is 2. The van der Waals surface area contributed by atoms with E-state index in [0.29, 0.717) is 6.54 Å². The molecule has 5 heteroatoms. The largest absolute Gasteiger partial charge is 0.370 e. The fraction of sp³-hybridized carbons (Fsp3) is 0.333. The average Bonchev–Trinajstić information content (AvgIpc) is 2.20. The molecule has 0 spiro atoms. The van der Waals surface area contributed by atoms with Crippen molar-refractivity contribution >= 4 is 11.9 Å². The Bertz CT molecular complexity index is 444. The second-order valence-corrected chi connectivity index (χ2v) is 3.96. The van der Waals surface area contributed by atoms with Crippen LogP contribution in [0.2, 0.25) is 0 Å². The van der Waals surface area contributed by atoms with Gasteiger partial charge in [0.1, 0.15) is 0 Å². The van der Waals surface area contributed by atoms with E-state index in [9.17, 15) is 0 Å². The Morgan fingerprint density at radius 3 is 2.47 bits per heavy atom. The summed E-state index contributed by atoms with van der Waals surface area (Å²) in [6.45, 7) is 4.74. The summed E-state index contributed by atoms with van der Waals surface area (Å²) in [5, 5.41) is 0. The van der Waals surface area contributed by atoms with Gasteiger partial charge in [0.25, 0.3) is 0 Å². The number of aliphatic imine (C=N–C) groups is 2. The first-order valence-electron chi connectivity index (χ1n) is 5.44. The Balaban J connectivity index is 2.59. The van der Waals surface area contributed by atoms with Gasteiger partial charge in [0.2, 0.25) is 5.96 Å². The lowest BCUT2D eigenvalue weighted by atomic mass is 10.0. The molecule has 0 heterocycles. The molecule has 6 N–H and O–H groups in total. The van der Waals surface area contributed by atoms with Crippen molar-refractivity contribution in [2.45, 2.75) is 20.3 Å². The Morgan fingerprint density at radius 1 is 1.18 bits per heavy atom. The lowest BCUT2D eigenvalue weighted by Crippen LogP contribution is -2.26. The zero-order valence-corrected chi connectivity index (χ0v) is 10.3. The zero-order chi connectivity index (χ0) is 12.8. The maximum atomic E-state index is 5.50. The van der Waals surface area contributed by atoms with Crippen LogP contribution in [0.15, 0.2) is 28.2 Å². The van der Waals surface area contributed by atoms with Crippen molar-refractivity contribution in [3.8, 4) is 0 Å². The Kier molecular flexibility index (Phi) is 4.51. The van der Waals surface area contributed by atoms with Crippen molar-refractivity contribution < 1.29 is 0 Å². The van der Waals surface area contributed by atoms with Crippen LogP contribution in [-0.4, -0.2) is 18.5 Å². The van der Waals surface area contributed by atoms with Crippen LogP contribution in [0.3, 0.4) is 0 Å². The van der Waals surface area contributed by atoms with Crippen molar-refractivity contribution in [2.75, 3.05) is 6.54 Å². The van der Waals surface area contributed by atoms with E-state index < -0.39 is 0 Å². The summed E-state index contributed by atoms with van der Waals surface area (Å²) < 4.78 is 0. The predicted octanol–water partition coefficient (Wildman–Crippen LogP) is 0.434. The highest BCUT2D eigenvalue weighted by Crippen LogP contribution is 2.11. The van der Waals surface area contributed by atoms with Gasteiger partial charge in [-0.2, -0.15) is 4.99 Å². The minimum absolute atomic E-state index is 0.0715. The minimum Gasteiger partial charge on any atom is -0.370 e. The van der Waals surface area contributed by atoms with E-state index in [2.05, 4.69) is 42.0 Å². The molecule has 0 saturated carbocycles. The van der Waals surface area contributed by atoms with E-state index in [1.807, 2.05) is 0 Å². The first kappa shape index (κ1) is 13.0. The van der Waals surface area contributed by atoms with Crippen molar-refractivity contribution in [3.63, 3.8) is 0 Å². The number of rotatable bonds is 3. The van der Waals surface area contributed by atoms with E-state index in [1.165, 1.54) is 16.7 Å². The van der Waals surface area contributed by atoms with Crippen LogP contribution in [0, 0.1) is 13.8 Å². The van der Waals surface area contributed by atoms with Gasteiger partial charge in [-0.15, -0.1) is 0 Å². The normalized spacial score (nSPS) is 11.3. The number of hydrogen-bond acceptors (Lipinski definition) is 1. The van der Waals surface area contributed by atoms with Gasteiger partial charge in [-0.3, -0.25) is 4.99 Å². The molecule has 17 heavy (non-hydrogen) atoms. The second kappa shape index (κ2) is 5.89. The molecule has 0 aliphatic heterocycles. The molecular weight excluding hydrogens is 214 g/mol. The van der Waals surface area contributed by atoms with Gasteiger partial charge >= 0.3 is 0 Å². The fourth-order valence-corrected chi connectivity index (χ4v) is 1.58. The van der Waals surface area contributed by atoms with Crippen LogP contribution >= 0.6 is 0 Å². The highest BCUT2D eigenvalue weighted by molar-refractivity contribution is 5.92. The summed E-state index contributed by atoms with van der Waals surface area (Å²) in [6.07, 6.45) is 0.826. The molecule has 92 valence electrons. The van der Waals surface area contributed by atoms with E-state index in [0.717, 1.165) is 6.42 Å². The average molecular weight is 233 g/mol. The molecule has 1 aromatic carbocycles. The van der Waals surface area contributed by atoms with E-state index >= 15 is 0 Å². The zero-order valence-electron chi connectivity index (χ0n) is 10.3. The third-order valence-corrected chi connectivity index (χ3v) is 2.40. The van der Waals surface area contributed by atoms with Crippen molar-refractivity contribution in [2.24, 2.45) is 27.2 Å². The Morgan fingerprint density at radius 2 is 1.88 bits per heavy atom. The molecule has 0 saturated heterocycles. The van der Waals surface area contributed by atoms with E-state index in [4.69, 9.17) is 17.2 Å². The monoisotopic (exact) mass is 233 g/mol. The van der Waals surface area contributed by atoms with Crippen LogP contribution in [0.4, 0.5) is 0 Å². The number of guanidine groups is 2. The van der Waals surface area contributed by atoms with Crippen LogP contribution < -0.4 is 17.2 Å². The third-order valence-electron chi connectivity index (χ3n) is 2.40. The van der Waals surface area contributed by atoms with Gasteiger partial charge in [-0.1, -0.05) is 23.8 Å². The summed E-state index contributed by atoms with van der Waals surface area (Å²) in [4.78, 5) is 7.72. The SMILES string of the molecule is Cc1ccc(CCN=C(N)N=C(N)N)c(C)c1. The fourth-order valence-electron chi connectivity index (χ4n) is 1.58. The van der Waals surface area contributed by atoms with Crippen molar-refractivity contribution in [1.29, 1.82) is 0 Å². The number of benzene rings is 1. The summed E-state index contributed by atoms with van der Waals surface area (Å²) in [6, 6.07) is 6.35. The minimum atomic E-state index is -0.0715. The summed E-state index contributed by atoms with van der Waals surface area (Å²) in [7, 11) is 0. The lowest BCUT2D eigenvalue weighted by Gasteiger charge is -2.05. The first-order chi connectivity index (χ1) is 7.99. The maximum Gasteiger partial charge on any atom is 0.218 e. The molecule has 1 aromatic rings. The standard InChI is InChI=1S/C12H19N5/c1-8-3-4-10(9(2)7-8)5-6-16-12(15)17-11(13)14/h3-4,7H,5-6H2,1-2H3,(H6,13,14,15,16,17). The van der Waals surface area contributed by atoms with Crippen LogP contribution in [0.1, 0.15) is 16.7 Å². The molecular formula is C12H19N5. The first-order valence-corrected chi connectivity index (χ1v) is 5.44. The molecule has 0 aliphatic carbocycles. The summed E-state index contributed by atoms with van der Waals surface area (Å²) in [5.41, 5.74) is 19.7. The predicted molar refractivity (Wildman–Crippen MR) is 71.9 cm³/mol. The number of nitrogens with zero attached hydrogens (tertiary/aromatic N) is 2. The molecule has 0 amide bonds. The Labute approximate surface area is 101 Å². The van der Waals surface area contributed by atoms with Gasteiger partial charge in [-0.05, 0) is 31.4 Å². The molecule has 0 aromatic heterocycles. The topological polar surface area (TPSA) is 103 Å². The van der Waals surface area contributed by atoms with E-state index in [-0.39, 0.29) is 11.9 Å². The molecule has 0 atom stereocenters. The molecule has 1 rings (SSSR count). The van der Waals surface area contributed by atoms with Crippen LogP contribution in [0.25, 0.3) is 0 Å². The van der Waals surface area contributed by atoms with Crippen molar-refractivity contribution in [3.05, 3.63) is 34.9 Å². The second-order valence-electron chi connectivity index (χ2n) is 3.96. The molecule has 0 fully saturated rings. The molecule has 0 unspecified atom stereocenters. The van der Waals surface area contributed by atoms with Crippen molar-refractivity contribution in [1.82, 2.24) is 0 Å². The smallest absolute Gasteiger partial charge is 0.218 e. The highest BCUT2D eigenvalue weighted by Gasteiger charge is 1.98. The summed E-state index contributed by atoms with van der Waals surface area (Å²) in [5.74, 6) is 0.0486. The molecule has 0 aliphatic rings. The van der Waals surface area contributed by atoms with Gasteiger partial charge < -0.3 is 17.2 Å². The van der Waals surface area contributed by atoms with E-state index in [1.54, 1.807) is 0 Å². The molecule has 0 radical (unpaired) electrons. The molecule has 5 nitrogen and oxygen atoms in total. The Hall–Kier alpha value is -2.04. The van der Waals surface area contributed by atoms with Gasteiger partial charge in [0, 0.05) is 6.54 Å². The van der Waals surface area contributed by atoms with Crippen LogP contribution in [0.5, 0.6) is 0 Å². The number of nitrogens with two attached hydrogens (primary N) is 3. The maximum absolute atomic E-state index is 5.50. The van der Waals surface area contributed by atoms with Gasteiger partial charge in [0.15, 0.2) is 5.96 Å². The third kappa shape index (κ3) is 4.55. The molecule has 0 bridgehead atoms. The highest BCUT2D eigenvalue weighted by atomic mass is 15.1. The van der Waals surface area contributed by atoms with Gasteiger partial charge in [-0.25, -0.2) is 0 Å². The lowest BCUT2D eigenvalue weighted by molar-refractivity contribution is 0.951.